The van der Waals surface area contributed by atoms with E-state index < -0.39 is 0 Å². The summed E-state index contributed by atoms with van der Waals surface area (Å²) in [7, 11) is 0. The Bertz CT molecular complexity index is 462. The molecule has 1 aromatic carbocycles. The van der Waals surface area contributed by atoms with E-state index in [0.717, 1.165) is 19.6 Å². The summed E-state index contributed by atoms with van der Waals surface area (Å²) in [6.45, 7) is 14.7. The number of halogens is 1. The van der Waals surface area contributed by atoms with Crippen LogP contribution in [-0.2, 0) is 6.54 Å². The van der Waals surface area contributed by atoms with Crippen molar-refractivity contribution in [1.29, 1.82) is 0 Å². The van der Waals surface area contributed by atoms with E-state index in [2.05, 4.69) is 85.0 Å². The number of hydrogen-bond donors (Lipinski definition) is 1. The van der Waals surface area contributed by atoms with Crippen molar-refractivity contribution in [2.45, 2.75) is 52.7 Å². The maximum absolute atomic E-state index is 3.69. The van der Waals surface area contributed by atoms with E-state index in [9.17, 15) is 0 Å². The van der Waals surface area contributed by atoms with Crippen LogP contribution in [0.15, 0.2) is 28.7 Å². The van der Waals surface area contributed by atoms with Gasteiger partial charge in [0.05, 0.1) is 0 Å². The molecule has 0 aromatic heterocycles. The van der Waals surface area contributed by atoms with Gasteiger partial charge in [0.25, 0.3) is 0 Å². The Balaban J connectivity index is 2.22. The highest BCUT2D eigenvalue weighted by Crippen LogP contribution is 2.31. The van der Waals surface area contributed by atoms with Crippen molar-refractivity contribution >= 4 is 15.9 Å². The number of nitrogens with zero attached hydrogens (tertiary/aromatic N) is 1. The van der Waals surface area contributed by atoms with Crippen LogP contribution in [0.1, 0.15) is 40.2 Å². The highest BCUT2D eigenvalue weighted by Gasteiger charge is 2.38. The molecule has 0 bridgehead atoms. The smallest absolute Gasteiger partial charge is 0.0273 e. The summed E-state index contributed by atoms with van der Waals surface area (Å²) in [5.74, 6) is 0. The third-order valence-corrected chi connectivity index (χ3v) is 4.92. The molecular formula is C17H27BrN2. The van der Waals surface area contributed by atoms with Crippen LogP contribution in [0, 0.1) is 5.41 Å². The second-order valence-electron chi connectivity index (χ2n) is 7.64. The van der Waals surface area contributed by atoms with Crippen LogP contribution in [0.25, 0.3) is 0 Å². The highest BCUT2D eigenvalue weighted by atomic mass is 79.9. The van der Waals surface area contributed by atoms with Crippen molar-refractivity contribution in [2.75, 3.05) is 13.1 Å². The molecule has 1 unspecified atom stereocenters. The van der Waals surface area contributed by atoms with Crippen LogP contribution >= 0.6 is 15.9 Å². The Kier molecular flexibility index (Phi) is 4.63. The fourth-order valence-corrected chi connectivity index (χ4v) is 3.45. The SMILES string of the molecule is CC1(C)CN(Cc2ccccc2Br)C(C(C)(C)C)CN1. The molecule has 3 heteroatoms. The Hall–Kier alpha value is -0.380. The molecule has 0 radical (unpaired) electrons. The van der Waals surface area contributed by atoms with Crippen LogP contribution in [0.2, 0.25) is 0 Å². The molecule has 0 spiro atoms. The van der Waals surface area contributed by atoms with Crippen molar-refractivity contribution < 1.29 is 0 Å². The van der Waals surface area contributed by atoms with E-state index in [1.165, 1.54) is 10.0 Å². The largest absolute Gasteiger partial charge is 0.309 e. The van der Waals surface area contributed by atoms with Crippen LogP contribution in [0.4, 0.5) is 0 Å². The van der Waals surface area contributed by atoms with Crippen LogP contribution < -0.4 is 5.32 Å². The van der Waals surface area contributed by atoms with Gasteiger partial charge in [0.1, 0.15) is 0 Å². The summed E-state index contributed by atoms with van der Waals surface area (Å²) < 4.78 is 1.21. The molecule has 1 fully saturated rings. The molecule has 0 aliphatic carbocycles. The molecule has 0 saturated carbocycles. The lowest BCUT2D eigenvalue weighted by Crippen LogP contribution is -2.64. The molecule has 2 nitrogen and oxygen atoms in total. The molecule has 112 valence electrons. The van der Waals surface area contributed by atoms with Gasteiger partial charge in [-0.25, -0.2) is 0 Å². The highest BCUT2D eigenvalue weighted by molar-refractivity contribution is 9.10. The minimum atomic E-state index is 0.184. The Morgan fingerprint density at radius 2 is 1.95 bits per heavy atom. The van der Waals surface area contributed by atoms with Crippen molar-refractivity contribution in [3.63, 3.8) is 0 Å². The lowest BCUT2D eigenvalue weighted by molar-refractivity contribution is 0.0270. The Morgan fingerprint density at radius 1 is 1.30 bits per heavy atom. The van der Waals surface area contributed by atoms with E-state index >= 15 is 0 Å². The van der Waals surface area contributed by atoms with Gasteiger partial charge in [0.2, 0.25) is 0 Å². The zero-order valence-electron chi connectivity index (χ0n) is 13.3. The monoisotopic (exact) mass is 338 g/mol. The maximum atomic E-state index is 3.69. The molecule has 1 heterocycles. The van der Waals surface area contributed by atoms with E-state index in [1.807, 2.05) is 0 Å². The van der Waals surface area contributed by atoms with Gasteiger partial charge in [-0.3, -0.25) is 4.90 Å². The van der Waals surface area contributed by atoms with Crippen molar-refractivity contribution in [3.8, 4) is 0 Å². The van der Waals surface area contributed by atoms with Gasteiger partial charge >= 0.3 is 0 Å². The molecule has 1 atom stereocenters. The topological polar surface area (TPSA) is 15.3 Å². The summed E-state index contributed by atoms with van der Waals surface area (Å²) in [6, 6.07) is 9.12. The van der Waals surface area contributed by atoms with E-state index in [0.29, 0.717) is 6.04 Å². The lowest BCUT2D eigenvalue weighted by Gasteiger charge is -2.49. The fourth-order valence-electron chi connectivity index (χ4n) is 3.04. The van der Waals surface area contributed by atoms with Crippen LogP contribution in [0.3, 0.4) is 0 Å². The molecule has 1 aliphatic rings. The minimum Gasteiger partial charge on any atom is -0.309 e. The maximum Gasteiger partial charge on any atom is 0.0273 e. The molecule has 0 amide bonds. The predicted octanol–water partition coefficient (Wildman–Crippen LogP) is 4.05. The van der Waals surface area contributed by atoms with E-state index in [1.54, 1.807) is 0 Å². The van der Waals surface area contributed by atoms with Gasteiger partial charge in [0.15, 0.2) is 0 Å². The third kappa shape index (κ3) is 3.84. The summed E-state index contributed by atoms with van der Waals surface area (Å²) in [6.07, 6.45) is 0. The van der Waals surface area contributed by atoms with Crippen molar-refractivity contribution in [1.82, 2.24) is 10.2 Å². The number of nitrogens with one attached hydrogen (secondary N) is 1. The minimum absolute atomic E-state index is 0.184. The second-order valence-corrected chi connectivity index (χ2v) is 8.50. The predicted molar refractivity (Wildman–Crippen MR) is 89.9 cm³/mol. The van der Waals surface area contributed by atoms with Gasteiger partial charge in [0, 0.05) is 35.7 Å². The Labute approximate surface area is 132 Å². The van der Waals surface area contributed by atoms with Crippen LogP contribution in [-0.4, -0.2) is 29.6 Å². The average Bonchev–Trinajstić information content (AvgIpc) is 2.29. The zero-order chi connectivity index (χ0) is 15.0. The normalized spacial score (nSPS) is 23.8. The molecule has 2 rings (SSSR count). The first kappa shape index (κ1) is 16.0. The van der Waals surface area contributed by atoms with E-state index in [4.69, 9.17) is 0 Å². The van der Waals surface area contributed by atoms with Gasteiger partial charge in [-0.2, -0.15) is 0 Å². The summed E-state index contributed by atoms with van der Waals surface area (Å²) in [4.78, 5) is 2.64. The lowest BCUT2D eigenvalue weighted by atomic mass is 9.82. The number of hydrogen-bond acceptors (Lipinski definition) is 2. The molecular weight excluding hydrogens is 312 g/mol. The number of piperazine rings is 1. The van der Waals surface area contributed by atoms with Crippen molar-refractivity contribution in [2.24, 2.45) is 5.41 Å². The first-order valence-electron chi connectivity index (χ1n) is 7.41. The molecule has 20 heavy (non-hydrogen) atoms. The first-order valence-corrected chi connectivity index (χ1v) is 8.21. The molecule has 1 aromatic rings. The third-order valence-electron chi connectivity index (χ3n) is 4.14. The first-order chi connectivity index (χ1) is 9.19. The summed E-state index contributed by atoms with van der Waals surface area (Å²) in [5.41, 5.74) is 1.84. The summed E-state index contributed by atoms with van der Waals surface area (Å²) >= 11 is 3.68. The van der Waals surface area contributed by atoms with Crippen molar-refractivity contribution in [3.05, 3.63) is 34.3 Å². The molecule has 1 aliphatic heterocycles. The Morgan fingerprint density at radius 3 is 2.55 bits per heavy atom. The second kappa shape index (κ2) is 5.78. The number of rotatable bonds is 2. The number of benzene rings is 1. The quantitative estimate of drug-likeness (QED) is 0.875. The zero-order valence-corrected chi connectivity index (χ0v) is 14.9. The fraction of sp³-hybridized carbons (Fsp3) is 0.647. The summed E-state index contributed by atoms with van der Waals surface area (Å²) in [5, 5.41) is 3.69. The molecule has 1 saturated heterocycles. The van der Waals surface area contributed by atoms with Gasteiger partial charge in [-0.15, -0.1) is 0 Å². The van der Waals surface area contributed by atoms with Gasteiger partial charge in [-0.05, 0) is 30.9 Å². The average molecular weight is 339 g/mol. The standard InChI is InChI=1S/C17H27BrN2/c1-16(2,3)15-10-19-17(4,5)12-20(15)11-13-8-6-7-9-14(13)18/h6-9,15,19H,10-12H2,1-5H3. The van der Waals surface area contributed by atoms with Crippen LogP contribution in [0.5, 0.6) is 0 Å². The van der Waals surface area contributed by atoms with Gasteiger partial charge < -0.3 is 5.32 Å². The van der Waals surface area contributed by atoms with Gasteiger partial charge in [-0.1, -0.05) is 54.9 Å². The molecule has 1 N–H and O–H groups in total. The van der Waals surface area contributed by atoms with E-state index in [-0.39, 0.29) is 11.0 Å².